The monoisotopic (exact) mass is 463 g/mol. The van der Waals surface area contributed by atoms with Gasteiger partial charge in [0.15, 0.2) is 0 Å². The van der Waals surface area contributed by atoms with E-state index in [4.69, 9.17) is 23.2 Å². The maximum absolute atomic E-state index is 13.2. The molecule has 3 rings (SSSR count). The summed E-state index contributed by atoms with van der Waals surface area (Å²) in [4.78, 5) is 13.6. The van der Waals surface area contributed by atoms with Crippen molar-refractivity contribution in [2.75, 3.05) is 26.2 Å². The van der Waals surface area contributed by atoms with E-state index >= 15 is 0 Å². The largest absolute Gasteiger partial charge is 0.334 e. The number of carbonyl (C=O) groups is 1. The van der Waals surface area contributed by atoms with E-state index in [1.54, 1.807) is 0 Å². The van der Waals surface area contributed by atoms with Gasteiger partial charge in [-0.25, -0.2) is 22.0 Å². The second kappa shape index (κ2) is 8.83. The summed E-state index contributed by atoms with van der Waals surface area (Å²) >= 11 is 11.9. The van der Waals surface area contributed by atoms with Crippen LogP contribution in [0.15, 0.2) is 41.3 Å². The molecule has 0 bridgehead atoms. The highest BCUT2D eigenvalue weighted by atomic mass is 35.5. The van der Waals surface area contributed by atoms with E-state index in [1.165, 1.54) is 27.4 Å². The molecule has 1 aliphatic rings. The molecule has 0 atom stereocenters. The second-order valence-electron chi connectivity index (χ2n) is 6.40. The Hall–Kier alpha value is -1.94. The molecule has 1 aliphatic heterocycles. The number of halogens is 4. The Bertz CT molecular complexity index is 1010. The number of urea groups is 1. The fraction of sp³-hybridized carbons (Fsp3) is 0.278. The van der Waals surface area contributed by atoms with Gasteiger partial charge in [-0.1, -0.05) is 23.2 Å². The summed E-state index contributed by atoms with van der Waals surface area (Å²) < 4.78 is 53.3. The molecule has 6 nitrogen and oxygen atoms in total. The van der Waals surface area contributed by atoms with Crippen LogP contribution in [0.2, 0.25) is 10.0 Å². The van der Waals surface area contributed by atoms with Crippen LogP contribution in [-0.4, -0.2) is 49.8 Å². The zero-order valence-electron chi connectivity index (χ0n) is 15.0. The molecule has 11 heteroatoms. The lowest BCUT2D eigenvalue weighted by Crippen LogP contribution is -2.53. The molecule has 1 fully saturated rings. The Balaban J connectivity index is 1.59. The second-order valence-corrected chi connectivity index (χ2v) is 9.15. The summed E-state index contributed by atoms with van der Waals surface area (Å²) in [6, 6.07) is 6.75. The van der Waals surface area contributed by atoms with Gasteiger partial charge in [-0.3, -0.25) is 0 Å². The Morgan fingerprint density at radius 2 is 1.62 bits per heavy atom. The predicted octanol–water partition coefficient (Wildman–Crippen LogP) is 3.49. The van der Waals surface area contributed by atoms with Crippen LogP contribution < -0.4 is 5.32 Å². The van der Waals surface area contributed by atoms with Gasteiger partial charge in [-0.2, -0.15) is 4.31 Å². The van der Waals surface area contributed by atoms with Crippen LogP contribution in [0.5, 0.6) is 0 Å². The van der Waals surface area contributed by atoms with Crippen LogP contribution >= 0.6 is 23.2 Å². The molecular weight excluding hydrogens is 447 g/mol. The van der Waals surface area contributed by atoms with Gasteiger partial charge in [0.2, 0.25) is 10.0 Å². The predicted molar refractivity (Wildman–Crippen MR) is 105 cm³/mol. The lowest BCUT2D eigenvalue weighted by Gasteiger charge is -2.34. The Labute approximate surface area is 177 Å². The number of rotatable bonds is 4. The first-order chi connectivity index (χ1) is 13.7. The summed E-state index contributed by atoms with van der Waals surface area (Å²) in [6.45, 7) is 0.409. The number of benzene rings is 2. The maximum atomic E-state index is 13.2. The third kappa shape index (κ3) is 5.16. The van der Waals surface area contributed by atoms with Crippen molar-refractivity contribution < 1.29 is 22.0 Å². The third-order valence-electron chi connectivity index (χ3n) is 4.40. The molecule has 2 aromatic rings. The SMILES string of the molecule is O=C(NCc1cc(F)cc(F)c1)N1CCN(S(=O)(=O)c2cc(Cl)ccc2Cl)CC1. The van der Waals surface area contributed by atoms with Crippen LogP contribution in [0.1, 0.15) is 5.56 Å². The summed E-state index contributed by atoms with van der Waals surface area (Å²) in [5.41, 5.74) is 0.285. The zero-order chi connectivity index (χ0) is 21.2. The van der Waals surface area contributed by atoms with Gasteiger partial charge in [-0.15, -0.1) is 0 Å². The average molecular weight is 464 g/mol. The zero-order valence-corrected chi connectivity index (χ0v) is 17.4. The topological polar surface area (TPSA) is 69.7 Å². The van der Waals surface area contributed by atoms with Gasteiger partial charge < -0.3 is 10.2 Å². The van der Waals surface area contributed by atoms with E-state index in [9.17, 15) is 22.0 Å². The lowest BCUT2D eigenvalue weighted by molar-refractivity contribution is 0.172. The van der Waals surface area contributed by atoms with Crippen molar-refractivity contribution >= 4 is 39.3 Å². The summed E-state index contributed by atoms with van der Waals surface area (Å²) in [5.74, 6) is -1.46. The maximum Gasteiger partial charge on any atom is 0.317 e. The number of carbonyl (C=O) groups excluding carboxylic acids is 1. The van der Waals surface area contributed by atoms with E-state index in [1.807, 2.05) is 0 Å². The number of nitrogens with zero attached hydrogens (tertiary/aromatic N) is 2. The minimum absolute atomic E-state index is 0.0514. The molecule has 156 valence electrons. The minimum Gasteiger partial charge on any atom is -0.334 e. The molecule has 0 unspecified atom stereocenters. The van der Waals surface area contributed by atoms with Crippen molar-refractivity contribution in [2.45, 2.75) is 11.4 Å². The molecule has 2 aromatic carbocycles. The van der Waals surface area contributed by atoms with Crippen molar-refractivity contribution in [1.82, 2.24) is 14.5 Å². The molecule has 0 radical (unpaired) electrons. The van der Waals surface area contributed by atoms with Gasteiger partial charge in [-0.05, 0) is 35.9 Å². The fourth-order valence-electron chi connectivity index (χ4n) is 2.95. The number of hydrogen-bond acceptors (Lipinski definition) is 3. The number of piperazine rings is 1. The molecule has 1 heterocycles. The van der Waals surface area contributed by atoms with Gasteiger partial charge in [0, 0.05) is 43.8 Å². The number of nitrogens with one attached hydrogen (secondary N) is 1. The molecule has 29 heavy (non-hydrogen) atoms. The summed E-state index contributed by atoms with van der Waals surface area (Å²) in [7, 11) is -3.85. The Morgan fingerprint density at radius 1 is 1.00 bits per heavy atom. The van der Waals surface area contributed by atoms with Gasteiger partial charge in [0.25, 0.3) is 0 Å². The number of amides is 2. The van der Waals surface area contributed by atoms with Crippen LogP contribution in [0.3, 0.4) is 0 Å². The van der Waals surface area contributed by atoms with E-state index in [0.29, 0.717) is 0 Å². The fourth-order valence-corrected chi connectivity index (χ4v) is 5.11. The standard InChI is InChI=1S/C18H17Cl2F2N3O3S/c19-13-1-2-16(20)17(9-13)29(27,28)25-5-3-24(4-6-25)18(26)23-11-12-7-14(21)10-15(22)8-12/h1-2,7-10H,3-6,11H2,(H,23,26). The average Bonchev–Trinajstić information content (AvgIpc) is 2.67. The smallest absolute Gasteiger partial charge is 0.317 e. The van der Waals surface area contributed by atoms with Crippen molar-refractivity contribution in [3.63, 3.8) is 0 Å². The van der Waals surface area contributed by atoms with Crippen molar-refractivity contribution in [3.8, 4) is 0 Å². The van der Waals surface area contributed by atoms with Crippen LogP contribution in [-0.2, 0) is 16.6 Å². The minimum atomic E-state index is -3.85. The molecular formula is C18H17Cl2F2N3O3S. The van der Waals surface area contributed by atoms with Crippen LogP contribution in [0.4, 0.5) is 13.6 Å². The van der Waals surface area contributed by atoms with Crippen LogP contribution in [0.25, 0.3) is 0 Å². The first-order valence-electron chi connectivity index (χ1n) is 8.60. The Morgan fingerprint density at radius 3 is 2.24 bits per heavy atom. The van der Waals surface area contributed by atoms with E-state index in [0.717, 1.165) is 18.2 Å². The van der Waals surface area contributed by atoms with E-state index in [-0.39, 0.29) is 53.2 Å². The third-order valence-corrected chi connectivity index (χ3v) is 7.02. The van der Waals surface area contributed by atoms with Crippen molar-refractivity contribution in [3.05, 3.63) is 63.6 Å². The highest BCUT2D eigenvalue weighted by molar-refractivity contribution is 7.89. The van der Waals surface area contributed by atoms with Crippen molar-refractivity contribution in [1.29, 1.82) is 0 Å². The van der Waals surface area contributed by atoms with E-state index in [2.05, 4.69) is 5.32 Å². The molecule has 2 amide bonds. The van der Waals surface area contributed by atoms with E-state index < -0.39 is 27.7 Å². The highest BCUT2D eigenvalue weighted by Gasteiger charge is 2.31. The first-order valence-corrected chi connectivity index (χ1v) is 10.8. The van der Waals surface area contributed by atoms with Crippen molar-refractivity contribution in [2.24, 2.45) is 0 Å². The molecule has 1 N–H and O–H groups in total. The quantitative estimate of drug-likeness (QED) is 0.754. The number of sulfonamides is 1. The summed E-state index contributed by atoms with van der Waals surface area (Å²) in [5, 5.41) is 2.89. The van der Waals surface area contributed by atoms with Gasteiger partial charge in [0.1, 0.15) is 16.5 Å². The first kappa shape index (κ1) is 21.8. The summed E-state index contributed by atoms with van der Waals surface area (Å²) in [6.07, 6.45) is 0. The highest BCUT2D eigenvalue weighted by Crippen LogP contribution is 2.28. The molecule has 0 aromatic heterocycles. The molecule has 0 saturated carbocycles. The van der Waals surface area contributed by atoms with Crippen LogP contribution in [0, 0.1) is 11.6 Å². The lowest BCUT2D eigenvalue weighted by atomic mass is 10.2. The molecule has 1 saturated heterocycles. The molecule has 0 aliphatic carbocycles. The molecule has 0 spiro atoms. The normalized spacial score (nSPS) is 15.4. The number of hydrogen-bond donors (Lipinski definition) is 1. The van der Waals surface area contributed by atoms with Gasteiger partial charge >= 0.3 is 6.03 Å². The Kier molecular flexibility index (Phi) is 6.62. The van der Waals surface area contributed by atoms with Gasteiger partial charge in [0.05, 0.1) is 5.02 Å².